The van der Waals surface area contributed by atoms with E-state index in [1.54, 1.807) is 19.0 Å². The summed E-state index contributed by atoms with van der Waals surface area (Å²) in [4.78, 5) is 25.8. The van der Waals surface area contributed by atoms with Crippen molar-refractivity contribution in [2.75, 3.05) is 26.1 Å². The number of benzene rings is 1. The van der Waals surface area contributed by atoms with Crippen molar-refractivity contribution < 1.29 is 18.3 Å². The monoisotopic (exact) mass is 337 g/mol. The fourth-order valence-electron chi connectivity index (χ4n) is 1.83. The lowest BCUT2D eigenvalue weighted by atomic mass is 10.1. The molecule has 0 bridgehead atoms. The summed E-state index contributed by atoms with van der Waals surface area (Å²) in [5.74, 6) is -1.20. The van der Waals surface area contributed by atoms with Crippen LogP contribution in [0.3, 0.4) is 0 Å². The molecule has 7 nitrogen and oxygen atoms in total. The topological polar surface area (TPSA) is 80.2 Å². The maximum absolute atomic E-state index is 13.5. The molecule has 0 saturated carbocycles. The number of nitrogens with one attached hydrogen (secondary N) is 1. The largest absolute Gasteiger partial charge is 0.467 e. The Kier molecular flexibility index (Phi) is 5.56. The Labute approximate surface area is 137 Å². The highest BCUT2D eigenvalue weighted by molar-refractivity contribution is 5.78. The van der Waals surface area contributed by atoms with E-state index in [4.69, 9.17) is 4.74 Å². The van der Waals surface area contributed by atoms with Gasteiger partial charge >= 0.3 is 6.01 Å². The third-order valence-electron chi connectivity index (χ3n) is 3.04. The van der Waals surface area contributed by atoms with Gasteiger partial charge in [-0.05, 0) is 11.6 Å². The molecule has 1 heterocycles. The highest BCUT2D eigenvalue weighted by atomic mass is 19.1. The van der Waals surface area contributed by atoms with Gasteiger partial charge in [0.1, 0.15) is 11.6 Å². The van der Waals surface area contributed by atoms with E-state index in [1.165, 1.54) is 13.2 Å². The number of aromatic nitrogens is 3. The molecular weight excluding hydrogens is 320 g/mol. The lowest BCUT2D eigenvalue weighted by molar-refractivity contribution is -0.120. The van der Waals surface area contributed by atoms with Gasteiger partial charge in [-0.15, -0.1) is 0 Å². The number of halogens is 2. The number of carbonyl (C=O) groups is 1. The first-order valence-corrected chi connectivity index (χ1v) is 7.06. The average Bonchev–Trinajstić information content (AvgIpc) is 2.55. The molecule has 1 aromatic heterocycles. The Hall–Kier alpha value is -2.84. The number of ether oxygens (including phenoxy) is 1. The smallest absolute Gasteiger partial charge is 0.321 e. The fourth-order valence-corrected chi connectivity index (χ4v) is 1.83. The van der Waals surface area contributed by atoms with Crippen LogP contribution in [0.25, 0.3) is 0 Å². The molecular formula is C15H17F2N5O2. The summed E-state index contributed by atoms with van der Waals surface area (Å²) in [6, 6.07) is 3.21. The van der Waals surface area contributed by atoms with Crippen LogP contribution in [0.5, 0.6) is 6.01 Å². The van der Waals surface area contributed by atoms with Crippen molar-refractivity contribution in [3.63, 3.8) is 0 Å². The number of hydrogen-bond donors (Lipinski definition) is 1. The summed E-state index contributed by atoms with van der Waals surface area (Å²) >= 11 is 0. The van der Waals surface area contributed by atoms with Crippen LogP contribution >= 0.6 is 0 Å². The van der Waals surface area contributed by atoms with Gasteiger partial charge in [-0.1, -0.05) is 6.07 Å². The maximum atomic E-state index is 13.5. The highest BCUT2D eigenvalue weighted by Crippen LogP contribution is 2.11. The Balaban J connectivity index is 2.02. The molecule has 1 N–H and O–H groups in total. The molecule has 0 fully saturated rings. The number of nitrogens with zero attached hydrogens (tertiary/aromatic N) is 4. The van der Waals surface area contributed by atoms with Gasteiger partial charge in [0.25, 0.3) is 0 Å². The van der Waals surface area contributed by atoms with Gasteiger partial charge < -0.3 is 15.0 Å². The zero-order valence-electron chi connectivity index (χ0n) is 13.5. The van der Waals surface area contributed by atoms with E-state index in [0.29, 0.717) is 11.8 Å². The van der Waals surface area contributed by atoms with Gasteiger partial charge in [-0.25, -0.2) is 8.78 Å². The molecule has 0 spiro atoms. The maximum Gasteiger partial charge on any atom is 0.321 e. The Morgan fingerprint density at radius 1 is 1.25 bits per heavy atom. The predicted octanol–water partition coefficient (Wildman–Crippen LogP) is 1.08. The summed E-state index contributed by atoms with van der Waals surface area (Å²) in [5.41, 5.74) is 0.108. The van der Waals surface area contributed by atoms with E-state index in [1.807, 2.05) is 0 Å². The quantitative estimate of drug-likeness (QED) is 0.850. The molecule has 0 aliphatic heterocycles. The second-order valence-corrected chi connectivity index (χ2v) is 5.12. The minimum Gasteiger partial charge on any atom is -0.467 e. The number of amides is 1. The summed E-state index contributed by atoms with van der Waals surface area (Å²) in [6.07, 6.45) is -0.213. The van der Waals surface area contributed by atoms with Gasteiger partial charge in [0.15, 0.2) is 5.82 Å². The number of carbonyl (C=O) groups excluding carboxylic acids is 1. The van der Waals surface area contributed by atoms with Gasteiger partial charge in [0.05, 0.1) is 20.1 Å². The molecule has 2 rings (SSSR count). The molecule has 0 aliphatic rings. The highest BCUT2D eigenvalue weighted by Gasteiger charge is 2.12. The van der Waals surface area contributed by atoms with Crippen LogP contribution in [0.15, 0.2) is 18.2 Å². The van der Waals surface area contributed by atoms with Gasteiger partial charge in [0.2, 0.25) is 11.9 Å². The van der Waals surface area contributed by atoms with E-state index in [0.717, 1.165) is 12.1 Å². The molecule has 0 atom stereocenters. The van der Waals surface area contributed by atoms with Crippen molar-refractivity contribution in [1.82, 2.24) is 20.3 Å². The predicted molar refractivity (Wildman–Crippen MR) is 82.6 cm³/mol. The first-order chi connectivity index (χ1) is 11.4. The third kappa shape index (κ3) is 4.58. The number of methoxy groups -OCH3 is 1. The average molecular weight is 337 g/mol. The van der Waals surface area contributed by atoms with E-state index >= 15 is 0 Å². The van der Waals surface area contributed by atoms with Crippen molar-refractivity contribution in [1.29, 1.82) is 0 Å². The Morgan fingerprint density at radius 2 is 2.00 bits per heavy atom. The third-order valence-corrected chi connectivity index (χ3v) is 3.04. The van der Waals surface area contributed by atoms with Crippen molar-refractivity contribution in [3.8, 4) is 6.01 Å². The van der Waals surface area contributed by atoms with Crippen molar-refractivity contribution in [3.05, 3.63) is 41.2 Å². The molecule has 1 aromatic carbocycles. The number of hydrogen-bond acceptors (Lipinski definition) is 6. The molecule has 2 aromatic rings. The zero-order chi connectivity index (χ0) is 17.7. The second kappa shape index (κ2) is 7.62. The number of rotatable bonds is 6. The molecule has 0 aliphatic carbocycles. The summed E-state index contributed by atoms with van der Waals surface area (Å²) in [6.45, 7) is 0.0291. The van der Waals surface area contributed by atoms with E-state index in [9.17, 15) is 13.6 Å². The van der Waals surface area contributed by atoms with Crippen LogP contribution in [0.2, 0.25) is 0 Å². The van der Waals surface area contributed by atoms with E-state index < -0.39 is 17.5 Å². The minimum absolute atomic E-state index is 0.0291. The SMILES string of the molecule is COc1nc(CNC(=O)Cc2ccc(F)cc2F)nc(N(C)C)n1. The van der Waals surface area contributed by atoms with Crippen LogP contribution in [0.4, 0.5) is 14.7 Å². The van der Waals surface area contributed by atoms with E-state index in [2.05, 4.69) is 20.3 Å². The van der Waals surface area contributed by atoms with Crippen molar-refractivity contribution in [2.24, 2.45) is 0 Å². The molecule has 9 heteroatoms. The molecule has 24 heavy (non-hydrogen) atoms. The Bertz CT molecular complexity index is 740. The Morgan fingerprint density at radius 3 is 2.62 bits per heavy atom. The molecule has 128 valence electrons. The van der Waals surface area contributed by atoms with Gasteiger partial charge in [-0.3, -0.25) is 4.79 Å². The second-order valence-electron chi connectivity index (χ2n) is 5.12. The first-order valence-electron chi connectivity index (χ1n) is 7.06. The van der Waals surface area contributed by atoms with Gasteiger partial charge in [-0.2, -0.15) is 15.0 Å². The number of anilines is 1. The van der Waals surface area contributed by atoms with Crippen LogP contribution in [-0.4, -0.2) is 42.1 Å². The molecule has 0 unspecified atom stereocenters. The molecule has 0 radical (unpaired) electrons. The summed E-state index contributed by atoms with van der Waals surface area (Å²) in [7, 11) is 4.94. The first kappa shape index (κ1) is 17.5. The van der Waals surface area contributed by atoms with Gasteiger partial charge in [0, 0.05) is 20.2 Å². The molecule has 0 saturated heterocycles. The fraction of sp³-hybridized carbons (Fsp3) is 0.333. The lowest BCUT2D eigenvalue weighted by Crippen LogP contribution is -2.26. The standard InChI is InChI=1S/C15H17F2N5O2/c1-22(2)14-19-12(20-15(21-14)24-3)8-18-13(23)6-9-4-5-10(16)7-11(9)17/h4-5,7H,6,8H2,1-3H3,(H,18,23). The van der Waals surface area contributed by atoms with Crippen LogP contribution in [0.1, 0.15) is 11.4 Å². The lowest BCUT2D eigenvalue weighted by Gasteiger charge is -2.12. The summed E-state index contributed by atoms with van der Waals surface area (Å²) in [5, 5.41) is 2.58. The normalized spacial score (nSPS) is 10.4. The summed E-state index contributed by atoms with van der Waals surface area (Å²) < 4.78 is 31.4. The van der Waals surface area contributed by atoms with E-state index in [-0.39, 0.29) is 24.5 Å². The van der Waals surface area contributed by atoms with Crippen LogP contribution in [0, 0.1) is 11.6 Å². The minimum atomic E-state index is -0.762. The zero-order valence-corrected chi connectivity index (χ0v) is 13.5. The van der Waals surface area contributed by atoms with Crippen LogP contribution < -0.4 is 15.0 Å². The van der Waals surface area contributed by atoms with Crippen LogP contribution in [-0.2, 0) is 17.8 Å². The van der Waals surface area contributed by atoms with Crippen molar-refractivity contribution in [2.45, 2.75) is 13.0 Å². The molecule has 1 amide bonds. The van der Waals surface area contributed by atoms with Crippen molar-refractivity contribution >= 4 is 11.9 Å².